The number of hydrogen-bond acceptors (Lipinski definition) is 6. The molecule has 0 saturated carbocycles. The third-order valence-electron chi connectivity index (χ3n) is 5.85. The van der Waals surface area contributed by atoms with Crippen molar-refractivity contribution in [3.05, 3.63) is 47.8 Å². The lowest BCUT2D eigenvalue weighted by molar-refractivity contribution is -0.142. The van der Waals surface area contributed by atoms with E-state index in [-0.39, 0.29) is 34.3 Å². The lowest BCUT2D eigenvalue weighted by atomic mass is 9.96. The number of rotatable bonds is 8. The fourth-order valence-corrected chi connectivity index (χ4v) is 5.77. The fourth-order valence-electron chi connectivity index (χ4n) is 3.81. The van der Waals surface area contributed by atoms with Gasteiger partial charge in [0.25, 0.3) is 10.0 Å². The molecule has 0 aliphatic carbocycles. The molecule has 34 heavy (non-hydrogen) atoms. The van der Waals surface area contributed by atoms with E-state index in [4.69, 9.17) is 0 Å². The smallest absolute Gasteiger partial charge is 0.306 e. The number of carboxylic acid groups (broad SMARTS) is 1. The summed E-state index contributed by atoms with van der Waals surface area (Å²) in [5, 5.41) is 9.23. The third kappa shape index (κ3) is 5.34. The van der Waals surface area contributed by atoms with E-state index in [1.807, 2.05) is 6.92 Å². The van der Waals surface area contributed by atoms with Crippen molar-refractivity contribution in [3.8, 4) is 0 Å². The van der Waals surface area contributed by atoms with Gasteiger partial charge in [0.2, 0.25) is 10.0 Å². The zero-order chi connectivity index (χ0) is 25.3. The van der Waals surface area contributed by atoms with Gasteiger partial charge in [0.1, 0.15) is 5.82 Å². The summed E-state index contributed by atoms with van der Waals surface area (Å²) in [4.78, 5) is 12.7. The Balaban J connectivity index is 1.95. The number of aryl methyl sites for hydroxylation is 1. The molecule has 2 aromatic rings. The highest BCUT2D eigenvalue weighted by Crippen LogP contribution is 2.35. The van der Waals surface area contributed by atoms with Crippen LogP contribution in [0.4, 0.5) is 15.8 Å². The van der Waals surface area contributed by atoms with Crippen molar-refractivity contribution >= 4 is 37.4 Å². The molecule has 1 saturated heterocycles. The molecule has 0 radical (unpaired) electrons. The van der Waals surface area contributed by atoms with Crippen LogP contribution < -0.4 is 9.62 Å². The van der Waals surface area contributed by atoms with Crippen molar-refractivity contribution in [1.82, 2.24) is 4.31 Å². The molecule has 2 aromatic carbocycles. The van der Waals surface area contributed by atoms with E-state index in [0.717, 1.165) is 4.31 Å². The molecule has 9 nitrogen and oxygen atoms in total. The second-order valence-electron chi connectivity index (χ2n) is 8.29. The summed E-state index contributed by atoms with van der Waals surface area (Å²) in [7, 11) is -5.15. The number of carboxylic acids is 1. The third-order valence-corrected chi connectivity index (χ3v) is 9.06. The molecular weight excluding hydrogens is 485 g/mol. The standard InChI is InChI=1S/C22H28FN3O6S2/c1-4-15-13-19(23)21(26-11-9-16(10-12-26)22(27)28)20(14-15)24-33(29,30)17-5-7-18(8-6-17)34(31,32)25(2)3/h5-8,13-14,16,24H,4,9-12H2,1-3H3,(H,27,28). The van der Waals surface area contributed by atoms with Gasteiger partial charge in [0.15, 0.2) is 0 Å². The monoisotopic (exact) mass is 513 g/mol. The Kier molecular flexibility index (Phi) is 7.53. The summed E-state index contributed by atoms with van der Waals surface area (Å²) in [5.74, 6) is -2.02. The quantitative estimate of drug-likeness (QED) is 0.556. The van der Waals surface area contributed by atoms with Crippen LogP contribution in [0.5, 0.6) is 0 Å². The van der Waals surface area contributed by atoms with Gasteiger partial charge >= 0.3 is 5.97 Å². The number of sulfonamides is 2. The van der Waals surface area contributed by atoms with E-state index in [1.54, 1.807) is 11.0 Å². The highest BCUT2D eigenvalue weighted by Gasteiger charge is 2.29. The average molecular weight is 514 g/mol. The van der Waals surface area contributed by atoms with Gasteiger partial charge in [-0.25, -0.2) is 25.5 Å². The number of hydrogen-bond donors (Lipinski definition) is 2. The van der Waals surface area contributed by atoms with Gasteiger partial charge in [-0.3, -0.25) is 9.52 Å². The van der Waals surface area contributed by atoms with Crippen molar-refractivity contribution in [2.45, 2.75) is 36.0 Å². The van der Waals surface area contributed by atoms with Crippen LogP contribution in [0.15, 0.2) is 46.2 Å². The molecule has 0 bridgehead atoms. The van der Waals surface area contributed by atoms with Gasteiger partial charge in [0, 0.05) is 27.2 Å². The maximum atomic E-state index is 15.1. The Hall–Kier alpha value is -2.70. The maximum absolute atomic E-state index is 15.1. The highest BCUT2D eigenvalue weighted by atomic mass is 32.2. The number of aliphatic carboxylic acids is 1. The fraction of sp³-hybridized carbons (Fsp3) is 0.409. The highest BCUT2D eigenvalue weighted by molar-refractivity contribution is 7.92. The minimum Gasteiger partial charge on any atom is -0.481 e. The predicted molar refractivity (Wildman–Crippen MR) is 126 cm³/mol. The van der Waals surface area contributed by atoms with Crippen LogP contribution in [0.1, 0.15) is 25.3 Å². The van der Waals surface area contributed by atoms with E-state index in [1.165, 1.54) is 44.4 Å². The second kappa shape index (κ2) is 9.88. The van der Waals surface area contributed by atoms with Crippen molar-refractivity contribution in [3.63, 3.8) is 0 Å². The number of anilines is 2. The van der Waals surface area contributed by atoms with Crippen LogP contribution in [0.2, 0.25) is 0 Å². The Morgan fingerprint density at radius 1 is 1.09 bits per heavy atom. The predicted octanol–water partition coefficient (Wildman–Crippen LogP) is 2.74. The summed E-state index contributed by atoms with van der Waals surface area (Å²) in [5.41, 5.74) is 0.707. The number of benzene rings is 2. The first kappa shape index (κ1) is 25.9. The Morgan fingerprint density at radius 2 is 1.65 bits per heavy atom. The number of nitrogens with one attached hydrogen (secondary N) is 1. The number of halogens is 1. The van der Waals surface area contributed by atoms with Crippen molar-refractivity contribution in [2.75, 3.05) is 36.8 Å². The maximum Gasteiger partial charge on any atom is 0.306 e. The molecule has 1 aliphatic rings. The largest absolute Gasteiger partial charge is 0.481 e. The van der Waals surface area contributed by atoms with Crippen molar-refractivity contribution in [1.29, 1.82) is 0 Å². The Labute approximate surface area is 199 Å². The van der Waals surface area contributed by atoms with E-state index >= 15 is 4.39 Å². The average Bonchev–Trinajstić information content (AvgIpc) is 2.78. The van der Waals surface area contributed by atoms with Gasteiger partial charge in [-0.2, -0.15) is 0 Å². The lowest BCUT2D eigenvalue weighted by Crippen LogP contribution is -2.37. The molecule has 0 atom stereocenters. The normalized spacial score (nSPS) is 15.5. The second-order valence-corrected chi connectivity index (χ2v) is 12.1. The van der Waals surface area contributed by atoms with Gasteiger partial charge in [-0.1, -0.05) is 6.92 Å². The van der Waals surface area contributed by atoms with Gasteiger partial charge in [0.05, 0.1) is 27.1 Å². The SMILES string of the molecule is CCc1cc(F)c(N2CCC(C(=O)O)CC2)c(NS(=O)(=O)c2ccc(S(=O)(=O)N(C)C)cc2)c1. The van der Waals surface area contributed by atoms with E-state index in [9.17, 15) is 26.7 Å². The molecule has 0 spiro atoms. The van der Waals surface area contributed by atoms with E-state index in [2.05, 4.69) is 4.72 Å². The Bertz CT molecular complexity index is 1270. The van der Waals surface area contributed by atoms with Gasteiger partial charge in [-0.15, -0.1) is 0 Å². The molecule has 2 N–H and O–H groups in total. The van der Waals surface area contributed by atoms with Crippen LogP contribution in [0.25, 0.3) is 0 Å². The molecule has 0 aromatic heterocycles. The van der Waals surface area contributed by atoms with Gasteiger partial charge < -0.3 is 10.0 Å². The zero-order valence-electron chi connectivity index (χ0n) is 19.2. The molecule has 0 amide bonds. The molecule has 1 aliphatic heterocycles. The first-order valence-corrected chi connectivity index (χ1v) is 13.6. The number of nitrogens with zero attached hydrogens (tertiary/aromatic N) is 2. The molecule has 186 valence electrons. The number of piperidine rings is 1. The first-order valence-electron chi connectivity index (χ1n) is 10.7. The minimum atomic E-state index is -4.17. The summed E-state index contributed by atoms with van der Waals surface area (Å²) in [6.45, 7) is 2.35. The van der Waals surface area contributed by atoms with Gasteiger partial charge in [-0.05, 0) is 61.2 Å². The summed E-state index contributed by atoms with van der Waals surface area (Å²) in [6, 6.07) is 7.66. The van der Waals surface area contributed by atoms with Crippen LogP contribution in [0.3, 0.4) is 0 Å². The van der Waals surface area contributed by atoms with E-state index in [0.29, 0.717) is 24.8 Å². The summed E-state index contributed by atoms with van der Waals surface area (Å²) < 4.78 is 69.3. The summed E-state index contributed by atoms with van der Waals surface area (Å²) in [6.07, 6.45) is 1.11. The number of carbonyl (C=O) groups is 1. The summed E-state index contributed by atoms with van der Waals surface area (Å²) >= 11 is 0. The molecular formula is C22H28FN3O6S2. The molecule has 3 rings (SSSR count). The van der Waals surface area contributed by atoms with Crippen LogP contribution in [-0.2, 0) is 31.3 Å². The molecule has 12 heteroatoms. The first-order chi connectivity index (χ1) is 15.9. The van der Waals surface area contributed by atoms with Crippen LogP contribution >= 0.6 is 0 Å². The molecule has 1 heterocycles. The topological polar surface area (TPSA) is 124 Å². The minimum absolute atomic E-state index is 0.0515. The molecule has 1 fully saturated rings. The molecule has 0 unspecified atom stereocenters. The van der Waals surface area contributed by atoms with E-state index < -0.39 is 37.8 Å². The van der Waals surface area contributed by atoms with Crippen molar-refractivity contribution in [2.24, 2.45) is 5.92 Å². The lowest BCUT2D eigenvalue weighted by Gasteiger charge is -2.33. The van der Waals surface area contributed by atoms with Crippen LogP contribution in [0, 0.1) is 11.7 Å². The van der Waals surface area contributed by atoms with Crippen LogP contribution in [-0.4, -0.2) is 59.4 Å². The van der Waals surface area contributed by atoms with Crippen molar-refractivity contribution < 1.29 is 31.1 Å². The Morgan fingerprint density at radius 3 is 2.15 bits per heavy atom. The zero-order valence-corrected chi connectivity index (χ0v) is 20.8.